The van der Waals surface area contributed by atoms with Gasteiger partial charge in [0, 0.05) is 35.9 Å². The van der Waals surface area contributed by atoms with Crippen molar-refractivity contribution in [1.29, 1.82) is 10.5 Å². The van der Waals surface area contributed by atoms with Crippen molar-refractivity contribution in [3.63, 3.8) is 0 Å². The van der Waals surface area contributed by atoms with Crippen LogP contribution in [0.2, 0.25) is 0 Å². The summed E-state index contributed by atoms with van der Waals surface area (Å²) in [5, 5.41) is 20.5. The molecule has 0 spiro atoms. The topological polar surface area (TPSA) is 73.4 Å². The summed E-state index contributed by atoms with van der Waals surface area (Å²) in [5.41, 5.74) is 2.64. The van der Waals surface area contributed by atoms with Gasteiger partial charge in [0.2, 0.25) is 0 Å². The van der Waals surface area contributed by atoms with E-state index in [9.17, 15) is 10.5 Å². The van der Waals surface area contributed by atoms with E-state index in [1.165, 1.54) is 0 Å². The van der Waals surface area contributed by atoms with Crippen molar-refractivity contribution >= 4 is 11.1 Å². The third-order valence-electron chi connectivity index (χ3n) is 3.59. The standard InChI is InChI=1S/C20H12N4/c21-11-19(17-3-1-9-23-13-17)15-5-7-16(8-6-15)20(12-22)18-4-2-10-24-14-18/h1-10,13-14H. The number of hydrogen-bond donors (Lipinski definition) is 0. The van der Waals surface area contributed by atoms with E-state index in [0.29, 0.717) is 11.1 Å². The molecule has 4 nitrogen and oxygen atoms in total. The lowest BCUT2D eigenvalue weighted by Crippen LogP contribution is -2.13. The average Bonchev–Trinajstić information content (AvgIpc) is 2.66. The molecule has 0 saturated heterocycles. The minimum Gasteiger partial charge on any atom is -0.264 e. The second-order valence-corrected chi connectivity index (χ2v) is 5.03. The van der Waals surface area contributed by atoms with Crippen molar-refractivity contribution in [2.24, 2.45) is 0 Å². The van der Waals surface area contributed by atoms with E-state index >= 15 is 0 Å². The van der Waals surface area contributed by atoms with Crippen molar-refractivity contribution in [2.45, 2.75) is 0 Å². The predicted octanol–water partition coefficient (Wildman–Crippen LogP) is 1.92. The molecular weight excluding hydrogens is 296 g/mol. The van der Waals surface area contributed by atoms with Crippen molar-refractivity contribution in [3.8, 4) is 12.1 Å². The van der Waals surface area contributed by atoms with Crippen LogP contribution < -0.4 is 10.4 Å². The van der Waals surface area contributed by atoms with Crippen molar-refractivity contribution in [2.75, 3.05) is 0 Å². The quantitative estimate of drug-likeness (QED) is 0.725. The number of rotatable bonds is 2. The van der Waals surface area contributed by atoms with Gasteiger partial charge in [-0.25, -0.2) is 0 Å². The van der Waals surface area contributed by atoms with Crippen LogP contribution in [0.15, 0.2) is 73.3 Å². The Morgan fingerprint density at radius 3 is 1.38 bits per heavy atom. The first kappa shape index (κ1) is 15.1. The molecule has 3 aromatic rings. The van der Waals surface area contributed by atoms with Gasteiger partial charge in [0.1, 0.15) is 12.1 Å². The Bertz CT molecular complexity index is 945. The molecule has 2 aromatic heterocycles. The van der Waals surface area contributed by atoms with Crippen LogP contribution in [-0.2, 0) is 0 Å². The van der Waals surface area contributed by atoms with E-state index in [1.807, 2.05) is 36.4 Å². The molecule has 0 aliphatic carbocycles. The van der Waals surface area contributed by atoms with E-state index in [-0.39, 0.29) is 0 Å². The molecule has 0 atom stereocenters. The maximum Gasteiger partial charge on any atom is 0.100 e. The molecule has 2 heterocycles. The molecule has 24 heavy (non-hydrogen) atoms. The maximum absolute atomic E-state index is 9.45. The molecule has 0 aliphatic rings. The minimum atomic E-state index is 0.550. The second-order valence-electron chi connectivity index (χ2n) is 5.03. The predicted molar refractivity (Wildman–Crippen MR) is 90.4 cm³/mol. The smallest absolute Gasteiger partial charge is 0.100 e. The molecule has 3 rings (SSSR count). The number of nitrogens with zero attached hydrogens (tertiary/aromatic N) is 4. The molecule has 0 unspecified atom stereocenters. The molecule has 1 aromatic carbocycles. The lowest BCUT2D eigenvalue weighted by atomic mass is 10.0. The molecule has 4 heteroatoms. The molecule has 0 radical (unpaired) electrons. The van der Waals surface area contributed by atoms with Gasteiger partial charge < -0.3 is 0 Å². The van der Waals surface area contributed by atoms with Crippen LogP contribution in [0.4, 0.5) is 0 Å². The fraction of sp³-hybridized carbons (Fsp3) is 0. The van der Waals surface area contributed by atoms with E-state index in [1.54, 1.807) is 36.9 Å². The zero-order valence-electron chi connectivity index (χ0n) is 12.7. The zero-order valence-corrected chi connectivity index (χ0v) is 12.7. The molecule has 0 fully saturated rings. The Morgan fingerprint density at radius 2 is 1.08 bits per heavy atom. The van der Waals surface area contributed by atoms with Gasteiger partial charge in [-0.05, 0) is 22.6 Å². The average molecular weight is 308 g/mol. The fourth-order valence-corrected chi connectivity index (χ4v) is 2.42. The highest BCUT2D eigenvalue weighted by molar-refractivity contribution is 5.77. The van der Waals surface area contributed by atoms with Gasteiger partial charge in [0.15, 0.2) is 0 Å². The van der Waals surface area contributed by atoms with Crippen LogP contribution in [0.5, 0.6) is 0 Å². The summed E-state index contributed by atoms with van der Waals surface area (Å²) in [6, 6.07) is 19.1. The largest absolute Gasteiger partial charge is 0.264 e. The molecule has 0 saturated carbocycles. The number of hydrogen-bond acceptors (Lipinski definition) is 4. The van der Waals surface area contributed by atoms with Crippen LogP contribution in [0.25, 0.3) is 11.1 Å². The van der Waals surface area contributed by atoms with Crippen LogP contribution in [-0.4, -0.2) is 9.97 Å². The van der Waals surface area contributed by atoms with Crippen LogP contribution in [0, 0.1) is 22.7 Å². The van der Waals surface area contributed by atoms with Crippen LogP contribution in [0.1, 0.15) is 11.1 Å². The Morgan fingerprint density at radius 1 is 0.667 bits per heavy atom. The highest BCUT2D eigenvalue weighted by atomic mass is 14.6. The number of benzene rings is 1. The highest BCUT2D eigenvalue weighted by Gasteiger charge is 2.03. The van der Waals surface area contributed by atoms with Gasteiger partial charge in [-0.3, -0.25) is 9.97 Å². The first-order valence-corrected chi connectivity index (χ1v) is 7.29. The first-order valence-electron chi connectivity index (χ1n) is 7.29. The third-order valence-corrected chi connectivity index (χ3v) is 3.59. The van der Waals surface area contributed by atoms with E-state index in [2.05, 4.69) is 22.1 Å². The van der Waals surface area contributed by atoms with E-state index in [4.69, 9.17) is 0 Å². The summed E-state index contributed by atoms with van der Waals surface area (Å²) in [7, 11) is 0. The van der Waals surface area contributed by atoms with Crippen molar-refractivity contribution < 1.29 is 0 Å². The number of pyridine rings is 2. The van der Waals surface area contributed by atoms with Gasteiger partial charge in [-0.15, -0.1) is 0 Å². The van der Waals surface area contributed by atoms with Gasteiger partial charge in [-0.2, -0.15) is 10.5 Å². The van der Waals surface area contributed by atoms with Gasteiger partial charge in [-0.1, -0.05) is 36.4 Å². The summed E-state index contributed by atoms with van der Waals surface area (Å²) < 4.78 is 0. The Labute approximate surface area is 139 Å². The summed E-state index contributed by atoms with van der Waals surface area (Å²) >= 11 is 0. The Balaban J connectivity index is 2.18. The maximum atomic E-state index is 9.45. The number of nitriles is 2. The normalized spacial score (nSPS) is 9.58. The highest BCUT2D eigenvalue weighted by Crippen LogP contribution is 2.09. The second kappa shape index (κ2) is 7.00. The molecular formula is C20H12N4. The lowest BCUT2D eigenvalue weighted by Gasteiger charge is -2.00. The van der Waals surface area contributed by atoms with E-state index < -0.39 is 0 Å². The van der Waals surface area contributed by atoms with Crippen molar-refractivity contribution in [3.05, 3.63) is 94.9 Å². The summed E-state index contributed by atoms with van der Waals surface area (Å²) in [6.07, 6.45) is 6.66. The SMILES string of the molecule is N#CC(c1cccnc1)=c1ccc(=C(C#N)c2cccnc2)cc1. The molecule has 0 bridgehead atoms. The molecule has 0 aliphatic heterocycles. The summed E-state index contributed by atoms with van der Waals surface area (Å²) in [5.74, 6) is 0. The van der Waals surface area contributed by atoms with Crippen LogP contribution in [0.3, 0.4) is 0 Å². The Hall–Kier alpha value is -3.76. The van der Waals surface area contributed by atoms with Crippen molar-refractivity contribution in [1.82, 2.24) is 9.97 Å². The zero-order chi connectivity index (χ0) is 16.8. The van der Waals surface area contributed by atoms with Crippen LogP contribution >= 0.6 is 0 Å². The molecule has 0 amide bonds. The first-order chi connectivity index (χ1) is 11.8. The fourth-order valence-electron chi connectivity index (χ4n) is 2.42. The molecule has 112 valence electrons. The summed E-state index contributed by atoms with van der Waals surface area (Å²) in [6.45, 7) is 0. The van der Waals surface area contributed by atoms with Gasteiger partial charge in [0.25, 0.3) is 0 Å². The van der Waals surface area contributed by atoms with E-state index in [0.717, 1.165) is 21.6 Å². The minimum absolute atomic E-state index is 0.550. The van der Waals surface area contributed by atoms with Gasteiger partial charge >= 0.3 is 0 Å². The third kappa shape index (κ3) is 3.04. The monoisotopic (exact) mass is 308 g/mol. The van der Waals surface area contributed by atoms with Gasteiger partial charge in [0.05, 0.1) is 11.1 Å². The lowest BCUT2D eigenvalue weighted by molar-refractivity contribution is 1.30. The molecule has 0 N–H and O–H groups in total. The summed E-state index contributed by atoms with van der Waals surface area (Å²) in [4.78, 5) is 8.10. The number of aromatic nitrogens is 2. The Kier molecular flexibility index (Phi) is 4.42.